The molecule has 13 heavy (non-hydrogen) atoms. The third-order valence-corrected chi connectivity index (χ3v) is 1.84. The zero-order valence-corrected chi connectivity index (χ0v) is 7.27. The van der Waals surface area contributed by atoms with Crippen LogP contribution in [0.4, 0.5) is 0 Å². The third-order valence-electron chi connectivity index (χ3n) is 1.84. The van der Waals surface area contributed by atoms with Gasteiger partial charge in [-0.2, -0.15) is 0 Å². The average molecular weight is 173 g/mol. The fourth-order valence-electron chi connectivity index (χ4n) is 1.23. The molecule has 65 valence electrons. The minimum absolute atomic E-state index is 0.822. The molecule has 1 aromatic rings. The van der Waals surface area contributed by atoms with Crippen LogP contribution in [-0.4, -0.2) is 13.4 Å². The highest BCUT2D eigenvalue weighted by molar-refractivity contribution is 5.82. The molecule has 1 heterocycles. The zero-order chi connectivity index (χ0) is 9.10. The van der Waals surface area contributed by atoms with Crippen LogP contribution in [0.5, 0.6) is 5.75 Å². The SMILES string of the molecule is COc1ccccc1C1=CN=C[N]1. The van der Waals surface area contributed by atoms with E-state index < -0.39 is 0 Å². The van der Waals surface area contributed by atoms with Gasteiger partial charge in [0.2, 0.25) is 0 Å². The molecule has 2 rings (SSSR count). The average Bonchev–Trinajstić information content (AvgIpc) is 2.70. The summed E-state index contributed by atoms with van der Waals surface area (Å²) in [5.74, 6) is 0.822. The highest BCUT2D eigenvalue weighted by Crippen LogP contribution is 2.25. The molecule has 1 radical (unpaired) electrons. The van der Waals surface area contributed by atoms with Crippen molar-refractivity contribution in [3.05, 3.63) is 36.0 Å². The van der Waals surface area contributed by atoms with Crippen molar-refractivity contribution in [1.82, 2.24) is 5.32 Å². The molecular formula is C10H9N2O. The quantitative estimate of drug-likeness (QED) is 0.669. The number of nitrogens with zero attached hydrogens (tertiary/aromatic N) is 2. The standard InChI is InChI=1S/C10H9N2O/c1-13-10-5-3-2-4-8(10)9-6-11-7-12-9/h2-7H,1H3. The lowest BCUT2D eigenvalue weighted by Gasteiger charge is -2.06. The van der Waals surface area contributed by atoms with Crippen LogP contribution in [0.25, 0.3) is 5.70 Å². The van der Waals surface area contributed by atoms with Gasteiger partial charge in [-0.25, -0.2) is 10.3 Å². The fourth-order valence-corrected chi connectivity index (χ4v) is 1.23. The molecule has 0 saturated heterocycles. The van der Waals surface area contributed by atoms with E-state index in [9.17, 15) is 0 Å². The van der Waals surface area contributed by atoms with Crippen molar-refractivity contribution in [1.29, 1.82) is 0 Å². The summed E-state index contributed by atoms with van der Waals surface area (Å²) in [6, 6.07) is 7.75. The Bertz CT molecular complexity index is 369. The fraction of sp³-hybridized carbons (Fsp3) is 0.100. The summed E-state index contributed by atoms with van der Waals surface area (Å²) in [7, 11) is 1.65. The Labute approximate surface area is 76.8 Å². The molecule has 3 nitrogen and oxygen atoms in total. The molecule has 0 N–H and O–H groups in total. The molecular weight excluding hydrogens is 164 g/mol. The second-order valence-corrected chi connectivity index (χ2v) is 2.61. The monoisotopic (exact) mass is 173 g/mol. The number of aliphatic imine (C=N–C) groups is 1. The van der Waals surface area contributed by atoms with E-state index >= 15 is 0 Å². The minimum Gasteiger partial charge on any atom is -0.496 e. The number of benzene rings is 1. The van der Waals surface area contributed by atoms with Crippen LogP contribution in [0.15, 0.2) is 35.5 Å². The van der Waals surface area contributed by atoms with Crippen LogP contribution in [0, 0.1) is 0 Å². The second kappa shape index (κ2) is 3.31. The zero-order valence-electron chi connectivity index (χ0n) is 7.27. The van der Waals surface area contributed by atoms with Gasteiger partial charge in [0.1, 0.15) is 12.1 Å². The Morgan fingerprint density at radius 3 is 2.77 bits per heavy atom. The maximum absolute atomic E-state index is 5.20. The highest BCUT2D eigenvalue weighted by Gasteiger charge is 2.09. The Morgan fingerprint density at radius 1 is 1.23 bits per heavy atom. The van der Waals surface area contributed by atoms with Gasteiger partial charge >= 0.3 is 0 Å². The molecule has 0 amide bonds. The molecule has 1 aliphatic rings. The number of ether oxygens (including phenoxy) is 1. The first-order valence-electron chi connectivity index (χ1n) is 3.98. The van der Waals surface area contributed by atoms with Gasteiger partial charge in [0.25, 0.3) is 0 Å². The molecule has 0 bridgehead atoms. The molecule has 0 aliphatic carbocycles. The molecule has 0 spiro atoms. The maximum atomic E-state index is 5.20. The lowest BCUT2D eigenvalue weighted by Crippen LogP contribution is -1.98. The van der Waals surface area contributed by atoms with Gasteiger partial charge in [-0.15, -0.1) is 0 Å². The van der Waals surface area contributed by atoms with Gasteiger partial charge < -0.3 is 4.74 Å². The molecule has 0 fully saturated rings. The normalized spacial score (nSPS) is 13.8. The van der Waals surface area contributed by atoms with Crippen LogP contribution in [-0.2, 0) is 0 Å². The first kappa shape index (κ1) is 7.86. The number of hydrogen-bond donors (Lipinski definition) is 0. The van der Waals surface area contributed by atoms with E-state index in [2.05, 4.69) is 10.3 Å². The van der Waals surface area contributed by atoms with Gasteiger partial charge in [0.15, 0.2) is 0 Å². The van der Waals surface area contributed by atoms with Crippen molar-refractivity contribution in [2.45, 2.75) is 0 Å². The molecule has 0 saturated carbocycles. The Hall–Kier alpha value is -1.77. The summed E-state index contributed by atoms with van der Waals surface area (Å²) >= 11 is 0. The summed E-state index contributed by atoms with van der Waals surface area (Å²) in [5, 5.41) is 4.10. The molecule has 1 aromatic carbocycles. The van der Waals surface area contributed by atoms with Crippen LogP contribution in [0.2, 0.25) is 0 Å². The number of methoxy groups -OCH3 is 1. The number of rotatable bonds is 2. The highest BCUT2D eigenvalue weighted by atomic mass is 16.5. The summed E-state index contributed by atoms with van der Waals surface area (Å²) in [6.07, 6.45) is 3.25. The Kier molecular flexibility index (Phi) is 2.00. The number of hydrogen-bond acceptors (Lipinski definition) is 2. The maximum Gasteiger partial charge on any atom is 0.128 e. The topological polar surface area (TPSA) is 35.7 Å². The van der Waals surface area contributed by atoms with E-state index in [1.807, 2.05) is 24.3 Å². The molecule has 0 unspecified atom stereocenters. The van der Waals surface area contributed by atoms with E-state index in [1.54, 1.807) is 13.3 Å². The van der Waals surface area contributed by atoms with E-state index in [1.165, 1.54) is 6.34 Å². The molecule has 0 aromatic heterocycles. The van der Waals surface area contributed by atoms with E-state index in [-0.39, 0.29) is 0 Å². The molecule has 0 atom stereocenters. The van der Waals surface area contributed by atoms with Gasteiger partial charge in [0, 0.05) is 5.56 Å². The van der Waals surface area contributed by atoms with Crippen molar-refractivity contribution in [2.24, 2.45) is 4.99 Å². The first-order valence-corrected chi connectivity index (χ1v) is 3.98. The van der Waals surface area contributed by atoms with Crippen molar-refractivity contribution >= 4 is 12.0 Å². The van der Waals surface area contributed by atoms with E-state index in [0.29, 0.717) is 0 Å². The smallest absolute Gasteiger partial charge is 0.128 e. The molecule has 1 aliphatic heterocycles. The van der Waals surface area contributed by atoms with Crippen molar-refractivity contribution in [3.8, 4) is 5.75 Å². The predicted octanol–water partition coefficient (Wildman–Crippen LogP) is 1.64. The van der Waals surface area contributed by atoms with Crippen LogP contribution < -0.4 is 10.1 Å². The molecule has 3 heteroatoms. The first-order chi connectivity index (χ1) is 6.42. The predicted molar refractivity (Wildman–Crippen MR) is 51.6 cm³/mol. The van der Waals surface area contributed by atoms with Gasteiger partial charge in [-0.1, -0.05) is 12.1 Å². The van der Waals surface area contributed by atoms with Crippen molar-refractivity contribution < 1.29 is 4.74 Å². The van der Waals surface area contributed by atoms with Crippen LogP contribution in [0.1, 0.15) is 5.56 Å². The summed E-state index contributed by atoms with van der Waals surface area (Å²) in [6.45, 7) is 0. The van der Waals surface area contributed by atoms with Crippen molar-refractivity contribution in [3.63, 3.8) is 0 Å². The third kappa shape index (κ3) is 1.40. The van der Waals surface area contributed by atoms with Gasteiger partial charge in [0.05, 0.1) is 19.0 Å². The van der Waals surface area contributed by atoms with E-state index in [4.69, 9.17) is 4.74 Å². The Morgan fingerprint density at radius 2 is 2.08 bits per heavy atom. The van der Waals surface area contributed by atoms with Gasteiger partial charge in [-0.3, -0.25) is 0 Å². The van der Waals surface area contributed by atoms with Crippen molar-refractivity contribution in [2.75, 3.05) is 7.11 Å². The largest absolute Gasteiger partial charge is 0.496 e. The lowest BCUT2D eigenvalue weighted by molar-refractivity contribution is 0.413. The summed E-state index contributed by atoms with van der Waals surface area (Å²) in [4.78, 5) is 3.91. The summed E-state index contributed by atoms with van der Waals surface area (Å²) in [5.41, 5.74) is 1.82. The minimum atomic E-state index is 0.822. The Balaban J connectivity index is 2.39. The van der Waals surface area contributed by atoms with Crippen LogP contribution in [0.3, 0.4) is 0 Å². The van der Waals surface area contributed by atoms with E-state index in [0.717, 1.165) is 17.0 Å². The lowest BCUT2D eigenvalue weighted by atomic mass is 10.1. The van der Waals surface area contributed by atoms with Gasteiger partial charge in [-0.05, 0) is 12.1 Å². The second-order valence-electron chi connectivity index (χ2n) is 2.61. The number of para-hydroxylation sites is 1. The van der Waals surface area contributed by atoms with Crippen LogP contribution >= 0.6 is 0 Å². The summed E-state index contributed by atoms with van der Waals surface area (Å²) < 4.78 is 5.20.